The number of hydrogen-bond donors (Lipinski definition) is 4. The lowest BCUT2D eigenvalue weighted by Crippen LogP contribution is -2.30. The quantitative estimate of drug-likeness (QED) is 0.0146. The van der Waals surface area contributed by atoms with Crippen LogP contribution in [0.15, 0.2) is 122 Å². The largest absolute Gasteiger partial charge is 0.472 e. The van der Waals surface area contributed by atoms with Crippen LogP contribution < -0.4 is 0 Å². The molecule has 0 saturated carbocycles. The Morgan fingerprint density at radius 2 is 0.546 bits per heavy atom. The first-order valence-electron chi connectivity index (χ1n) is 37.8. The predicted molar refractivity (Wildman–Crippen MR) is 399 cm³/mol. The van der Waals surface area contributed by atoms with Crippen LogP contribution in [0.3, 0.4) is 0 Å². The number of ether oxygens (including phenoxy) is 3. The Morgan fingerprint density at radius 1 is 0.299 bits per heavy atom. The van der Waals surface area contributed by atoms with Crippen LogP contribution in [0.25, 0.3) is 0 Å². The number of aliphatic hydroxyl groups is 2. The number of carbonyl (C=O) groups excluding carboxylic acids is 3. The lowest BCUT2D eigenvalue weighted by atomic mass is 10.0. The Labute approximate surface area is 589 Å². The summed E-state index contributed by atoms with van der Waals surface area (Å²) in [5, 5.41) is 20.6. The van der Waals surface area contributed by atoms with Crippen molar-refractivity contribution >= 4 is 33.6 Å². The van der Waals surface area contributed by atoms with Crippen LogP contribution in [-0.2, 0) is 55.8 Å². The molecule has 558 valence electrons. The second-order valence-corrected chi connectivity index (χ2v) is 28.0. The van der Waals surface area contributed by atoms with Gasteiger partial charge in [0, 0.05) is 19.3 Å². The fraction of sp³-hybridized carbons (Fsp3) is 0.709. The molecule has 97 heavy (non-hydrogen) atoms. The molecule has 0 saturated heterocycles. The summed E-state index contributed by atoms with van der Waals surface area (Å²) in [5.41, 5.74) is 0. The SMILES string of the molecule is CC/C=C\C/C=C\C/C=C\C/C=C\C/C=C\C/C=C\CCCCC(=O)OCC(COP(=O)(O)OCC(O)COP(=O)(O)OCC(O)COC(=O)CCCCCCCCCCC/C=C\C/C=C\C/C=C\C/C=C\CCCCC)OC(=O)CCCCCCCCCCCCCCCCC. The summed E-state index contributed by atoms with van der Waals surface area (Å²) >= 11 is 0. The molecule has 4 N–H and O–H groups in total. The summed E-state index contributed by atoms with van der Waals surface area (Å²) in [6.45, 7) is 2.50. The van der Waals surface area contributed by atoms with Crippen LogP contribution in [0.4, 0.5) is 0 Å². The van der Waals surface area contributed by atoms with E-state index in [1.807, 2.05) is 0 Å². The maximum absolute atomic E-state index is 13.0. The number of rotatable bonds is 71. The van der Waals surface area contributed by atoms with Crippen LogP contribution in [-0.4, -0.2) is 95.9 Å². The highest BCUT2D eigenvalue weighted by molar-refractivity contribution is 7.47. The lowest BCUT2D eigenvalue weighted by Gasteiger charge is -2.21. The molecule has 0 fully saturated rings. The van der Waals surface area contributed by atoms with Gasteiger partial charge in [0.1, 0.15) is 25.4 Å². The molecular weight excluding hydrogens is 1270 g/mol. The topological polar surface area (TPSA) is 231 Å². The van der Waals surface area contributed by atoms with Crippen molar-refractivity contribution in [3.63, 3.8) is 0 Å². The van der Waals surface area contributed by atoms with Gasteiger partial charge >= 0.3 is 33.6 Å². The minimum atomic E-state index is -4.94. The van der Waals surface area contributed by atoms with E-state index in [9.17, 15) is 43.5 Å². The zero-order valence-corrected chi connectivity index (χ0v) is 62.5. The van der Waals surface area contributed by atoms with Crippen molar-refractivity contribution in [3.8, 4) is 0 Å². The molecule has 0 aliphatic carbocycles. The molecule has 0 spiro atoms. The third-order valence-corrected chi connectivity index (χ3v) is 17.6. The molecule has 5 unspecified atom stereocenters. The molecule has 16 nitrogen and oxygen atoms in total. The Balaban J connectivity index is 4.64. The van der Waals surface area contributed by atoms with Crippen LogP contribution in [0.1, 0.15) is 303 Å². The minimum absolute atomic E-state index is 0.0954. The molecule has 0 aromatic carbocycles. The van der Waals surface area contributed by atoms with Gasteiger partial charge in [-0.1, -0.05) is 290 Å². The van der Waals surface area contributed by atoms with E-state index < -0.39 is 91.5 Å². The molecule has 0 rings (SSSR count). The third-order valence-electron chi connectivity index (χ3n) is 15.7. The van der Waals surface area contributed by atoms with Gasteiger partial charge in [-0.05, 0) is 116 Å². The predicted octanol–water partition coefficient (Wildman–Crippen LogP) is 21.8. The van der Waals surface area contributed by atoms with Crippen LogP contribution in [0, 0.1) is 0 Å². The molecule has 0 amide bonds. The molecule has 5 atom stereocenters. The summed E-state index contributed by atoms with van der Waals surface area (Å²) in [4.78, 5) is 58.6. The molecule has 0 aliphatic heterocycles. The van der Waals surface area contributed by atoms with Crippen molar-refractivity contribution in [3.05, 3.63) is 122 Å². The van der Waals surface area contributed by atoms with E-state index in [0.29, 0.717) is 19.3 Å². The maximum Gasteiger partial charge on any atom is 0.472 e. The second kappa shape index (κ2) is 71.8. The number of phosphoric ester groups is 2. The minimum Gasteiger partial charge on any atom is -0.463 e. The van der Waals surface area contributed by atoms with Gasteiger partial charge in [-0.15, -0.1) is 0 Å². The second-order valence-electron chi connectivity index (χ2n) is 25.1. The molecule has 0 bridgehead atoms. The highest BCUT2D eigenvalue weighted by atomic mass is 31.2. The first-order chi connectivity index (χ1) is 47.2. The van der Waals surface area contributed by atoms with Crippen molar-refractivity contribution < 1.29 is 75.8 Å². The normalized spacial score (nSPS) is 14.8. The van der Waals surface area contributed by atoms with Gasteiger partial charge in [-0.3, -0.25) is 32.5 Å². The summed E-state index contributed by atoms with van der Waals surface area (Å²) in [6.07, 6.45) is 83.8. The summed E-state index contributed by atoms with van der Waals surface area (Å²) in [5.74, 6) is -1.63. The van der Waals surface area contributed by atoms with E-state index in [4.69, 9.17) is 32.3 Å². The Bertz CT molecular complexity index is 2250. The van der Waals surface area contributed by atoms with Gasteiger partial charge in [0.25, 0.3) is 0 Å². The van der Waals surface area contributed by atoms with Crippen LogP contribution >= 0.6 is 15.6 Å². The monoisotopic (exact) mass is 1400 g/mol. The van der Waals surface area contributed by atoms with E-state index in [1.54, 1.807) is 0 Å². The number of carbonyl (C=O) groups is 3. The van der Waals surface area contributed by atoms with E-state index in [0.717, 1.165) is 128 Å². The number of unbranched alkanes of at least 4 members (excludes halogenated alkanes) is 28. The first-order valence-corrected chi connectivity index (χ1v) is 40.8. The van der Waals surface area contributed by atoms with Crippen molar-refractivity contribution in [1.82, 2.24) is 0 Å². The summed E-state index contributed by atoms with van der Waals surface area (Å²) in [7, 11) is -9.80. The first kappa shape index (κ1) is 93.0. The van der Waals surface area contributed by atoms with E-state index in [-0.39, 0.29) is 19.3 Å². The highest BCUT2D eigenvalue weighted by Gasteiger charge is 2.29. The molecule has 18 heteroatoms. The Kier molecular flexibility index (Phi) is 68.8. The Hall–Kier alpha value is -4.05. The van der Waals surface area contributed by atoms with Crippen LogP contribution in [0.5, 0.6) is 0 Å². The molecule has 0 aromatic rings. The Morgan fingerprint density at radius 3 is 0.907 bits per heavy atom. The van der Waals surface area contributed by atoms with Gasteiger partial charge in [0.15, 0.2) is 6.10 Å². The smallest absolute Gasteiger partial charge is 0.463 e. The molecule has 0 radical (unpaired) electrons. The molecule has 0 heterocycles. The van der Waals surface area contributed by atoms with Gasteiger partial charge in [0.2, 0.25) is 0 Å². The van der Waals surface area contributed by atoms with Crippen molar-refractivity contribution in [2.45, 2.75) is 322 Å². The van der Waals surface area contributed by atoms with Crippen LogP contribution in [0.2, 0.25) is 0 Å². The number of phosphoric acid groups is 2. The number of hydrogen-bond acceptors (Lipinski definition) is 14. The number of esters is 3. The van der Waals surface area contributed by atoms with Gasteiger partial charge in [-0.2, -0.15) is 0 Å². The van der Waals surface area contributed by atoms with Gasteiger partial charge < -0.3 is 34.2 Å². The number of aliphatic hydroxyl groups excluding tert-OH is 2. The average Bonchev–Trinajstić information content (AvgIpc) is 2.08. The zero-order chi connectivity index (χ0) is 70.9. The fourth-order valence-corrected chi connectivity index (χ4v) is 11.5. The molecule has 0 aromatic heterocycles. The lowest BCUT2D eigenvalue weighted by molar-refractivity contribution is -0.161. The van der Waals surface area contributed by atoms with E-state index in [2.05, 4.69) is 142 Å². The summed E-state index contributed by atoms with van der Waals surface area (Å²) < 4.78 is 61.0. The molecule has 0 aliphatic rings. The van der Waals surface area contributed by atoms with Crippen molar-refractivity contribution in [1.29, 1.82) is 0 Å². The third kappa shape index (κ3) is 73.0. The van der Waals surface area contributed by atoms with Crippen molar-refractivity contribution in [2.75, 3.05) is 39.6 Å². The van der Waals surface area contributed by atoms with Crippen molar-refractivity contribution in [2.24, 2.45) is 0 Å². The highest BCUT2D eigenvalue weighted by Crippen LogP contribution is 2.45. The number of allylic oxidation sites excluding steroid dienone is 20. The maximum atomic E-state index is 13.0. The van der Waals surface area contributed by atoms with Gasteiger partial charge in [-0.25, -0.2) is 9.13 Å². The average molecular weight is 1400 g/mol. The van der Waals surface area contributed by atoms with E-state index in [1.165, 1.54) is 116 Å². The zero-order valence-electron chi connectivity index (χ0n) is 60.7. The molecular formula is C79H136O16P2. The standard InChI is InChI=1S/C79H136O16P2/c1-4-7-10-13-16-19-22-25-28-30-32-34-35-36-37-39-41-42-45-47-50-53-56-59-62-65-77(82)89-68-74(80)69-91-96(85,86)92-70-75(81)71-93-97(87,88)94-73-76(95-79(84)67-64-61-58-55-52-49-44-27-24-21-18-15-12-9-6-3)72-90-78(83)66-63-60-57-54-51-48-46-43-40-38-33-31-29-26-23-20-17-14-11-8-5-2/h8,11,16-17,19-20,25-26,28-29,32-34,36-38,43,46,51,54,74-76,80-81H,4-7,9-10,12-15,18,21-24,27,30-31,35,39-42,44-45,47-50,52-53,55-73H2,1-3H3,(H,85,86)(H,87,88)/b11-8-,19-16-,20-17-,28-25-,29-26-,34-32-,37-36-,38-33-,46-43-,54-51-. The fourth-order valence-electron chi connectivity index (χ4n) is 9.91. The summed E-state index contributed by atoms with van der Waals surface area (Å²) in [6, 6.07) is 0. The van der Waals surface area contributed by atoms with E-state index >= 15 is 0 Å². The van der Waals surface area contributed by atoms with Gasteiger partial charge in [0.05, 0.1) is 26.4 Å².